The third kappa shape index (κ3) is 2.78. The molecule has 23 heavy (non-hydrogen) atoms. The minimum absolute atomic E-state index is 0.0291. The fraction of sp³-hybridized carbons (Fsp3) is 0.474. The van der Waals surface area contributed by atoms with Gasteiger partial charge >= 0.3 is 0 Å². The summed E-state index contributed by atoms with van der Waals surface area (Å²) in [5, 5.41) is 0. The van der Waals surface area contributed by atoms with Crippen LogP contribution in [0.1, 0.15) is 49.0 Å². The largest absolute Gasteiger partial charge is 0.341 e. The van der Waals surface area contributed by atoms with Crippen LogP contribution in [-0.4, -0.2) is 40.7 Å². The minimum atomic E-state index is -0.504. The highest BCUT2D eigenvalue weighted by atomic mass is 16.2. The zero-order chi connectivity index (χ0) is 16.6. The van der Waals surface area contributed by atoms with Crippen LogP contribution >= 0.6 is 0 Å². The lowest BCUT2D eigenvalue weighted by Gasteiger charge is -2.30. The Bertz CT molecular complexity index is 618. The van der Waals surface area contributed by atoms with Gasteiger partial charge < -0.3 is 4.90 Å². The van der Waals surface area contributed by atoms with Gasteiger partial charge in [0.25, 0.3) is 5.91 Å². The number of amides is 2. The van der Waals surface area contributed by atoms with Gasteiger partial charge in [-0.3, -0.25) is 14.5 Å². The highest BCUT2D eigenvalue weighted by molar-refractivity contribution is 6.10. The molecule has 2 aliphatic heterocycles. The molecule has 2 unspecified atom stereocenters. The van der Waals surface area contributed by atoms with Crippen molar-refractivity contribution in [2.75, 3.05) is 13.1 Å². The zero-order valence-electron chi connectivity index (χ0n) is 13.9. The maximum atomic E-state index is 12.9. The molecular weight excluding hydrogens is 288 g/mol. The zero-order valence-corrected chi connectivity index (χ0v) is 13.9. The van der Waals surface area contributed by atoms with E-state index in [1.54, 1.807) is 11.0 Å². The number of hydrogen-bond acceptors (Lipinski definition) is 2. The minimum Gasteiger partial charge on any atom is -0.341 e. The molecule has 0 spiro atoms. The molecule has 4 nitrogen and oxygen atoms in total. The van der Waals surface area contributed by atoms with Gasteiger partial charge in [0.1, 0.15) is 6.04 Å². The molecule has 0 radical (unpaired) electrons. The van der Waals surface area contributed by atoms with E-state index in [0.717, 1.165) is 31.5 Å². The second-order valence-corrected chi connectivity index (χ2v) is 6.70. The van der Waals surface area contributed by atoms with E-state index >= 15 is 0 Å². The Kier molecular flexibility index (Phi) is 4.24. The van der Waals surface area contributed by atoms with E-state index in [0.29, 0.717) is 17.2 Å². The maximum Gasteiger partial charge on any atom is 0.259 e. The topological polar surface area (TPSA) is 40.6 Å². The third-order valence-electron chi connectivity index (χ3n) is 5.05. The Hall–Kier alpha value is -2.10. The first kappa shape index (κ1) is 15.8. The Morgan fingerprint density at radius 2 is 1.91 bits per heavy atom. The summed E-state index contributed by atoms with van der Waals surface area (Å²) in [6.45, 7) is 9.66. The van der Waals surface area contributed by atoms with E-state index in [-0.39, 0.29) is 11.8 Å². The van der Waals surface area contributed by atoms with Gasteiger partial charge in [-0.2, -0.15) is 0 Å². The Labute approximate surface area is 137 Å². The monoisotopic (exact) mass is 312 g/mol. The number of benzene rings is 1. The highest BCUT2D eigenvalue weighted by Gasteiger charge is 2.38. The molecule has 1 fully saturated rings. The second-order valence-electron chi connectivity index (χ2n) is 6.70. The molecule has 3 rings (SSSR count). The fourth-order valence-corrected chi connectivity index (χ4v) is 3.57. The number of fused-ring (bicyclic) bond motifs is 1. The van der Waals surface area contributed by atoms with Gasteiger partial charge in [-0.05, 0) is 38.2 Å². The molecule has 4 heteroatoms. The SMILES string of the molecule is C=C1c2ccccc2C(=O)N1C(C)C(=O)N1CCCC(C)CC1. The number of hydrogen-bond donors (Lipinski definition) is 0. The molecule has 2 heterocycles. The van der Waals surface area contributed by atoms with E-state index in [9.17, 15) is 9.59 Å². The molecule has 1 aromatic carbocycles. The first-order valence-electron chi connectivity index (χ1n) is 8.41. The van der Waals surface area contributed by atoms with Gasteiger partial charge in [-0.25, -0.2) is 0 Å². The maximum absolute atomic E-state index is 12.9. The van der Waals surface area contributed by atoms with E-state index < -0.39 is 6.04 Å². The van der Waals surface area contributed by atoms with Crippen molar-refractivity contribution in [3.63, 3.8) is 0 Å². The van der Waals surface area contributed by atoms with Crippen LogP contribution in [0.25, 0.3) is 5.70 Å². The normalized spacial score (nSPS) is 22.8. The molecule has 0 aliphatic carbocycles. The molecule has 122 valence electrons. The summed E-state index contributed by atoms with van der Waals surface area (Å²) in [5.74, 6) is 0.576. The van der Waals surface area contributed by atoms with Crippen molar-refractivity contribution in [3.05, 3.63) is 42.0 Å². The van der Waals surface area contributed by atoms with Crippen molar-refractivity contribution in [1.82, 2.24) is 9.80 Å². The molecule has 1 saturated heterocycles. The quantitative estimate of drug-likeness (QED) is 0.841. The first-order chi connectivity index (χ1) is 11.0. The van der Waals surface area contributed by atoms with Crippen LogP contribution in [0.3, 0.4) is 0 Å². The summed E-state index contributed by atoms with van der Waals surface area (Å²) in [6, 6.07) is 6.92. The number of likely N-dealkylation sites (tertiary alicyclic amines) is 1. The lowest BCUT2D eigenvalue weighted by atomic mass is 10.0. The van der Waals surface area contributed by atoms with Crippen LogP contribution in [-0.2, 0) is 4.79 Å². The summed E-state index contributed by atoms with van der Waals surface area (Å²) >= 11 is 0. The van der Waals surface area contributed by atoms with Crippen LogP contribution in [0.5, 0.6) is 0 Å². The molecule has 0 aromatic heterocycles. The molecule has 0 N–H and O–H groups in total. The molecule has 0 saturated carbocycles. The lowest BCUT2D eigenvalue weighted by Crippen LogP contribution is -2.47. The first-order valence-corrected chi connectivity index (χ1v) is 8.41. The highest BCUT2D eigenvalue weighted by Crippen LogP contribution is 2.33. The summed E-state index contributed by atoms with van der Waals surface area (Å²) in [7, 11) is 0. The molecule has 2 amide bonds. The van der Waals surface area contributed by atoms with Crippen LogP contribution in [0.15, 0.2) is 30.8 Å². The van der Waals surface area contributed by atoms with Crippen molar-refractivity contribution in [1.29, 1.82) is 0 Å². The second kappa shape index (κ2) is 6.19. The van der Waals surface area contributed by atoms with Gasteiger partial charge in [0, 0.05) is 29.9 Å². The lowest BCUT2D eigenvalue weighted by molar-refractivity contribution is -0.134. The molecule has 2 atom stereocenters. The predicted molar refractivity (Wildman–Crippen MR) is 90.7 cm³/mol. The predicted octanol–water partition coefficient (Wildman–Crippen LogP) is 3.15. The van der Waals surface area contributed by atoms with Crippen LogP contribution in [0, 0.1) is 5.92 Å². The van der Waals surface area contributed by atoms with Gasteiger partial charge in [0.15, 0.2) is 0 Å². The molecule has 0 bridgehead atoms. The standard InChI is InChI=1S/C19H24N2O2/c1-13-7-6-11-20(12-10-13)18(22)15(3)21-14(2)16-8-4-5-9-17(16)19(21)23/h4-5,8-9,13,15H,2,6-7,10-12H2,1,3H3. The summed E-state index contributed by atoms with van der Waals surface area (Å²) in [6.07, 6.45) is 3.24. The number of carbonyl (C=O) groups excluding carboxylic acids is 2. The van der Waals surface area contributed by atoms with Crippen molar-refractivity contribution in [2.24, 2.45) is 5.92 Å². The van der Waals surface area contributed by atoms with Gasteiger partial charge in [-0.1, -0.05) is 31.7 Å². The van der Waals surface area contributed by atoms with E-state index in [4.69, 9.17) is 0 Å². The van der Waals surface area contributed by atoms with Crippen molar-refractivity contribution < 1.29 is 9.59 Å². The summed E-state index contributed by atoms with van der Waals surface area (Å²) < 4.78 is 0. The van der Waals surface area contributed by atoms with E-state index in [2.05, 4.69) is 13.5 Å². The molecule has 1 aromatic rings. The number of nitrogens with zero attached hydrogens (tertiary/aromatic N) is 2. The average molecular weight is 312 g/mol. The van der Waals surface area contributed by atoms with Crippen molar-refractivity contribution in [2.45, 2.75) is 39.2 Å². The van der Waals surface area contributed by atoms with E-state index in [1.807, 2.05) is 30.0 Å². The number of carbonyl (C=O) groups is 2. The van der Waals surface area contributed by atoms with Crippen LogP contribution in [0.4, 0.5) is 0 Å². The van der Waals surface area contributed by atoms with Crippen molar-refractivity contribution >= 4 is 17.5 Å². The number of rotatable bonds is 2. The van der Waals surface area contributed by atoms with Gasteiger partial charge in [0.2, 0.25) is 5.91 Å². The smallest absolute Gasteiger partial charge is 0.259 e. The Morgan fingerprint density at radius 1 is 1.22 bits per heavy atom. The average Bonchev–Trinajstić information content (AvgIpc) is 2.69. The van der Waals surface area contributed by atoms with E-state index in [1.165, 1.54) is 6.42 Å². The van der Waals surface area contributed by atoms with Crippen LogP contribution < -0.4 is 0 Å². The fourth-order valence-electron chi connectivity index (χ4n) is 3.57. The van der Waals surface area contributed by atoms with Gasteiger partial charge in [0.05, 0.1) is 0 Å². The Balaban J connectivity index is 1.78. The summed E-state index contributed by atoms with van der Waals surface area (Å²) in [5.41, 5.74) is 2.11. The third-order valence-corrected chi connectivity index (χ3v) is 5.05. The van der Waals surface area contributed by atoms with Crippen LogP contribution in [0.2, 0.25) is 0 Å². The molecule has 2 aliphatic rings. The summed E-state index contributed by atoms with van der Waals surface area (Å²) in [4.78, 5) is 29.0. The Morgan fingerprint density at radius 3 is 2.61 bits per heavy atom. The van der Waals surface area contributed by atoms with Crippen molar-refractivity contribution in [3.8, 4) is 0 Å². The van der Waals surface area contributed by atoms with Gasteiger partial charge in [-0.15, -0.1) is 0 Å². The molecular formula is C19H24N2O2.